The number of aromatic nitrogens is 4. The van der Waals surface area contributed by atoms with Gasteiger partial charge in [0.2, 0.25) is 0 Å². The Hall–Kier alpha value is -4.19. The van der Waals surface area contributed by atoms with Crippen molar-refractivity contribution in [2.45, 2.75) is 31.7 Å². The standard InChI is InChI=1S/C29H28N6/c1-3-34(4-2)23-16-22(17-23)29-33-26(27-28(30)31-14-15-35(27)29)21-11-10-20-12-13-24(32-25(20)18-21)19-8-6-5-7-9-19/h3,5-15,18,22-23H,1,4,16-17H2,2H3,(H2,30,31). The summed E-state index contributed by atoms with van der Waals surface area (Å²) >= 11 is 0. The Labute approximate surface area is 204 Å². The van der Waals surface area contributed by atoms with E-state index in [2.05, 4.69) is 70.3 Å². The van der Waals surface area contributed by atoms with Crippen molar-refractivity contribution in [3.63, 3.8) is 0 Å². The second kappa shape index (κ2) is 8.55. The van der Waals surface area contributed by atoms with Crippen molar-refractivity contribution >= 4 is 22.2 Å². The number of fused-ring (bicyclic) bond motifs is 2. The first-order valence-electron chi connectivity index (χ1n) is 12.1. The van der Waals surface area contributed by atoms with Gasteiger partial charge >= 0.3 is 0 Å². The summed E-state index contributed by atoms with van der Waals surface area (Å²) in [7, 11) is 0. The largest absolute Gasteiger partial charge is 0.382 e. The molecule has 6 heteroatoms. The van der Waals surface area contributed by atoms with Crippen molar-refractivity contribution in [3.8, 4) is 22.5 Å². The third-order valence-corrected chi connectivity index (χ3v) is 7.19. The summed E-state index contributed by atoms with van der Waals surface area (Å²) in [6.45, 7) is 7.10. The minimum atomic E-state index is 0.375. The van der Waals surface area contributed by atoms with Crippen LogP contribution in [0.1, 0.15) is 31.5 Å². The number of imidazole rings is 1. The van der Waals surface area contributed by atoms with Crippen LogP contribution in [0, 0.1) is 0 Å². The molecule has 3 heterocycles. The normalized spacial score (nSPS) is 17.4. The average molecular weight is 461 g/mol. The van der Waals surface area contributed by atoms with Crippen LogP contribution < -0.4 is 5.73 Å². The molecular weight excluding hydrogens is 432 g/mol. The van der Waals surface area contributed by atoms with Gasteiger partial charge in [-0.2, -0.15) is 0 Å². The lowest BCUT2D eigenvalue weighted by Crippen LogP contribution is -2.41. The number of rotatable bonds is 6. The van der Waals surface area contributed by atoms with E-state index in [1.807, 2.05) is 30.6 Å². The third-order valence-electron chi connectivity index (χ3n) is 7.19. The van der Waals surface area contributed by atoms with Gasteiger partial charge < -0.3 is 10.6 Å². The fraction of sp³-hybridized carbons (Fsp3) is 0.207. The van der Waals surface area contributed by atoms with Crippen molar-refractivity contribution in [2.24, 2.45) is 0 Å². The highest BCUT2D eigenvalue weighted by atomic mass is 15.2. The topological polar surface area (TPSA) is 72.3 Å². The Morgan fingerprint density at radius 1 is 1.06 bits per heavy atom. The molecule has 3 aromatic heterocycles. The summed E-state index contributed by atoms with van der Waals surface area (Å²) < 4.78 is 2.13. The predicted octanol–water partition coefficient (Wildman–Crippen LogP) is 5.91. The fourth-order valence-electron chi connectivity index (χ4n) is 5.22. The van der Waals surface area contributed by atoms with Gasteiger partial charge in [0.05, 0.1) is 11.2 Å². The van der Waals surface area contributed by atoms with E-state index >= 15 is 0 Å². The van der Waals surface area contributed by atoms with Gasteiger partial charge in [0.25, 0.3) is 0 Å². The number of pyridine rings is 1. The van der Waals surface area contributed by atoms with E-state index in [1.165, 1.54) is 0 Å². The molecule has 6 rings (SSSR count). The van der Waals surface area contributed by atoms with Crippen LogP contribution in [0.5, 0.6) is 0 Å². The maximum atomic E-state index is 6.39. The van der Waals surface area contributed by atoms with Crippen LogP contribution in [0.4, 0.5) is 5.82 Å². The second-order valence-electron chi connectivity index (χ2n) is 9.15. The van der Waals surface area contributed by atoms with Gasteiger partial charge in [-0.15, -0.1) is 0 Å². The Kier molecular flexibility index (Phi) is 5.21. The van der Waals surface area contributed by atoms with Gasteiger partial charge in [-0.25, -0.2) is 15.0 Å². The van der Waals surface area contributed by atoms with Gasteiger partial charge in [0, 0.05) is 47.4 Å². The number of nitrogen functional groups attached to an aromatic ring is 1. The van der Waals surface area contributed by atoms with Crippen molar-refractivity contribution in [1.82, 2.24) is 24.3 Å². The lowest BCUT2D eigenvalue weighted by Gasteiger charge is -2.41. The second-order valence-corrected chi connectivity index (χ2v) is 9.15. The molecule has 1 aliphatic rings. The molecule has 0 saturated heterocycles. The van der Waals surface area contributed by atoms with Gasteiger partial charge in [-0.05, 0) is 38.1 Å². The van der Waals surface area contributed by atoms with E-state index in [9.17, 15) is 0 Å². The molecule has 0 spiro atoms. The van der Waals surface area contributed by atoms with Gasteiger partial charge in [-0.1, -0.05) is 55.1 Å². The fourth-order valence-corrected chi connectivity index (χ4v) is 5.22. The molecule has 174 valence electrons. The van der Waals surface area contributed by atoms with Crippen LogP contribution in [-0.4, -0.2) is 36.8 Å². The number of benzene rings is 2. The van der Waals surface area contributed by atoms with E-state index in [-0.39, 0.29) is 0 Å². The van der Waals surface area contributed by atoms with Crippen molar-refractivity contribution in [2.75, 3.05) is 12.3 Å². The van der Waals surface area contributed by atoms with E-state index in [0.717, 1.165) is 64.1 Å². The summed E-state index contributed by atoms with van der Waals surface area (Å²) in [6, 6.07) is 21.3. The average Bonchev–Trinajstić information content (AvgIpc) is 3.26. The SMILES string of the molecule is C=CN(CC)C1CC(c2nc(-c3ccc4ccc(-c5ccccc5)nc4c3)c3c(N)nccn23)C1. The first-order valence-corrected chi connectivity index (χ1v) is 12.1. The zero-order valence-corrected chi connectivity index (χ0v) is 19.8. The van der Waals surface area contributed by atoms with Crippen LogP contribution in [0.3, 0.4) is 0 Å². The predicted molar refractivity (Wildman–Crippen MR) is 142 cm³/mol. The maximum Gasteiger partial charge on any atom is 0.150 e. The molecule has 0 bridgehead atoms. The first kappa shape index (κ1) is 21.4. The molecule has 0 radical (unpaired) electrons. The van der Waals surface area contributed by atoms with Crippen LogP contribution in [0.2, 0.25) is 0 Å². The summed E-state index contributed by atoms with van der Waals surface area (Å²) in [6.07, 6.45) is 7.79. The molecule has 6 nitrogen and oxygen atoms in total. The molecule has 0 aliphatic heterocycles. The minimum absolute atomic E-state index is 0.375. The molecule has 2 N–H and O–H groups in total. The molecule has 0 atom stereocenters. The molecular formula is C29H28N6. The zero-order valence-electron chi connectivity index (χ0n) is 19.8. The number of nitrogens with two attached hydrogens (primary N) is 1. The molecule has 0 unspecified atom stereocenters. The third kappa shape index (κ3) is 3.62. The van der Waals surface area contributed by atoms with E-state index in [1.54, 1.807) is 6.20 Å². The Morgan fingerprint density at radius 2 is 1.86 bits per heavy atom. The van der Waals surface area contributed by atoms with Crippen LogP contribution in [0.15, 0.2) is 85.8 Å². The maximum absolute atomic E-state index is 6.39. The van der Waals surface area contributed by atoms with Crippen LogP contribution >= 0.6 is 0 Å². The first-order chi connectivity index (χ1) is 17.2. The number of anilines is 1. The number of hydrogen-bond acceptors (Lipinski definition) is 5. The van der Waals surface area contributed by atoms with Crippen LogP contribution in [-0.2, 0) is 0 Å². The summed E-state index contributed by atoms with van der Waals surface area (Å²) in [5.41, 5.74) is 12.1. The molecule has 1 fully saturated rings. The van der Waals surface area contributed by atoms with E-state index in [0.29, 0.717) is 17.8 Å². The van der Waals surface area contributed by atoms with Crippen molar-refractivity contribution < 1.29 is 0 Å². The molecule has 0 amide bonds. The molecule has 2 aromatic carbocycles. The molecule has 1 saturated carbocycles. The quantitative estimate of drug-likeness (QED) is 0.341. The lowest BCUT2D eigenvalue weighted by molar-refractivity contribution is 0.161. The van der Waals surface area contributed by atoms with Crippen molar-refractivity contribution in [1.29, 1.82) is 0 Å². The Bertz CT molecular complexity index is 1530. The lowest BCUT2D eigenvalue weighted by atomic mass is 9.78. The Balaban J connectivity index is 1.42. The van der Waals surface area contributed by atoms with Gasteiger partial charge in [0.1, 0.15) is 22.9 Å². The summed E-state index contributed by atoms with van der Waals surface area (Å²) in [4.78, 5) is 16.8. The smallest absolute Gasteiger partial charge is 0.150 e. The van der Waals surface area contributed by atoms with Gasteiger partial charge in [-0.3, -0.25) is 4.40 Å². The van der Waals surface area contributed by atoms with E-state index in [4.69, 9.17) is 15.7 Å². The molecule has 35 heavy (non-hydrogen) atoms. The highest BCUT2D eigenvalue weighted by molar-refractivity contribution is 5.91. The highest BCUT2D eigenvalue weighted by Gasteiger charge is 2.36. The van der Waals surface area contributed by atoms with E-state index < -0.39 is 0 Å². The number of nitrogens with zero attached hydrogens (tertiary/aromatic N) is 5. The molecule has 5 aromatic rings. The monoisotopic (exact) mass is 460 g/mol. The van der Waals surface area contributed by atoms with Gasteiger partial charge in [0.15, 0.2) is 0 Å². The summed E-state index contributed by atoms with van der Waals surface area (Å²) in [5.74, 6) is 1.91. The van der Waals surface area contributed by atoms with Crippen LogP contribution in [0.25, 0.3) is 38.9 Å². The Morgan fingerprint density at radius 3 is 2.63 bits per heavy atom. The summed E-state index contributed by atoms with van der Waals surface area (Å²) in [5, 5.41) is 1.09. The minimum Gasteiger partial charge on any atom is -0.382 e. The zero-order chi connectivity index (χ0) is 23.9. The highest BCUT2D eigenvalue weighted by Crippen LogP contribution is 2.42. The number of hydrogen-bond donors (Lipinski definition) is 1. The van der Waals surface area contributed by atoms with Crippen molar-refractivity contribution in [3.05, 3.63) is 91.7 Å². The molecule has 1 aliphatic carbocycles.